The Hall–Kier alpha value is -1.15. The second-order valence-corrected chi connectivity index (χ2v) is 6.57. The van der Waals surface area contributed by atoms with Gasteiger partial charge in [-0.25, -0.2) is 13.1 Å². The van der Waals surface area contributed by atoms with Crippen molar-refractivity contribution in [2.45, 2.75) is 19.9 Å². The first-order chi connectivity index (χ1) is 9.35. The van der Waals surface area contributed by atoms with Crippen LogP contribution in [0.3, 0.4) is 0 Å². The maximum absolute atomic E-state index is 11.8. The molecular formula is C13H22ClN3O3S. The smallest absolute Gasteiger partial charge is 0.241 e. The number of aryl methyl sites for hydroxylation is 1. The maximum Gasteiger partial charge on any atom is 0.241 e. The van der Waals surface area contributed by atoms with Gasteiger partial charge < -0.3 is 11.1 Å². The number of hydrogen-bond acceptors (Lipinski definition) is 4. The molecule has 0 aromatic heterocycles. The molecular weight excluding hydrogens is 314 g/mol. The molecule has 1 aromatic carbocycles. The van der Waals surface area contributed by atoms with Gasteiger partial charge in [-0.3, -0.25) is 4.79 Å². The SMILES string of the molecule is CCS(=O)(=O)NCCNC(=O)C(N)c1ccc(C)cc1.Cl. The summed E-state index contributed by atoms with van der Waals surface area (Å²) >= 11 is 0. The van der Waals surface area contributed by atoms with Crippen LogP contribution in [0.1, 0.15) is 24.1 Å². The van der Waals surface area contributed by atoms with Gasteiger partial charge in [-0.1, -0.05) is 29.8 Å². The van der Waals surface area contributed by atoms with Crippen molar-refractivity contribution < 1.29 is 13.2 Å². The molecule has 0 spiro atoms. The number of rotatable bonds is 7. The average molecular weight is 336 g/mol. The fraction of sp³-hybridized carbons (Fsp3) is 0.462. The van der Waals surface area contributed by atoms with Gasteiger partial charge in [0, 0.05) is 13.1 Å². The minimum absolute atomic E-state index is 0. The Morgan fingerprint density at radius 3 is 2.33 bits per heavy atom. The first-order valence-corrected chi connectivity index (χ1v) is 8.08. The summed E-state index contributed by atoms with van der Waals surface area (Å²) in [5.41, 5.74) is 7.65. The largest absolute Gasteiger partial charge is 0.353 e. The Balaban J connectivity index is 0.00000400. The number of nitrogens with two attached hydrogens (primary N) is 1. The minimum atomic E-state index is -3.23. The number of carbonyl (C=O) groups excluding carboxylic acids is 1. The summed E-state index contributed by atoms with van der Waals surface area (Å²) < 4.78 is 24.7. The summed E-state index contributed by atoms with van der Waals surface area (Å²) in [6.07, 6.45) is 0. The summed E-state index contributed by atoms with van der Waals surface area (Å²) in [4.78, 5) is 11.8. The standard InChI is InChI=1S/C13H21N3O3S.ClH/c1-3-20(18,19)16-9-8-15-13(17)12(14)11-6-4-10(2)5-7-11;/h4-7,12,16H,3,8-9,14H2,1-2H3,(H,15,17);1H. The molecule has 0 fully saturated rings. The van der Waals surface area contributed by atoms with E-state index in [1.165, 1.54) is 0 Å². The number of amides is 1. The van der Waals surface area contributed by atoms with E-state index < -0.39 is 16.1 Å². The zero-order valence-electron chi connectivity index (χ0n) is 12.1. The Morgan fingerprint density at radius 1 is 1.24 bits per heavy atom. The van der Waals surface area contributed by atoms with Crippen LogP contribution in [0, 0.1) is 6.92 Å². The van der Waals surface area contributed by atoms with Gasteiger partial charge in [0.1, 0.15) is 6.04 Å². The van der Waals surface area contributed by atoms with Crippen LogP contribution in [-0.2, 0) is 14.8 Å². The van der Waals surface area contributed by atoms with Crippen LogP contribution in [0.25, 0.3) is 0 Å². The zero-order chi connectivity index (χ0) is 15.2. The molecule has 6 nitrogen and oxygen atoms in total. The third-order valence-electron chi connectivity index (χ3n) is 2.85. The highest BCUT2D eigenvalue weighted by atomic mass is 35.5. The Morgan fingerprint density at radius 2 is 1.81 bits per heavy atom. The molecule has 120 valence electrons. The molecule has 0 radical (unpaired) electrons. The van der Waals surface area contributed by atoms with Crippen molar-refractivity contribution in [3.63, 3.8) is 0 Å². The van der Waals surface area contributed by atoms with Crippen LogP contribution in [-0.4, -0.2) is 33.2 Å². The van der Waals surface area contributed by atoms with Crippen LogP contribution >= 0.6 is 12.4 Å². The van der Waals surface area contributed by atoms with Crippen molar-refractivity contribution in [2.24, 2.45) is 5.73 Å². The third kappa shape index (κ3) is 6.90. The fourth-order valence-electron chi connectivity index (χ4n) is 1.53. The van der Waals surface area contributed by atoms with Crippen molar-refractivity contribution in [2.75, 3.05) is 18.8 Å². The van der Waals surface area contributed by atoms with Crippen LogP contribution in [0.5, 0.6) is 0 Å². The zero-order valence-corrected chi connectivity index (χ0v) is 13.8. The molecule has 0 saturated heterocycles. The Labute approximate surface area is 132 Å². The molecule has 0 aliphatic carbocycles. The van der Waals surface area contributed by atoms with Crippen molar-refractivity contribution in [3.05, 3.63) is 35.4 Å². The fourth-order valence-corrected chi connectivity index (χ4v) is 2.15. The number of halogens is 1. The van der Waals surface area contributed by atoms with Crippen LogP contribution in [0.4, 0.5) is 0 Å². The van der Waals surface area contributed by atoms with Gasteiger partial charge >= 0.3 is 0 Å². The van der Waals surface area contributed by atoms with Crippen LogP contribution in [0.15, 0.2) is 24.3 Å². The molecule has 1 atom stereocenters. The number of benzene rings is 1. The van der Waals surface area contributed by atoms with Gasteiger partial charge in [-0.05, 0) is 19.4 Å². The first-order valence-electron chi connectivity index (χ1n) is 6.43. The number of nitrogens with one attached hydrogen (secondary N) is 2. The molecule has 0 saturated carbocycles. The molecule has 1 amide bonds. The highest BCUT2D eigenvalue weighted by Gasteiger charge is 2.15. The quantitative estimate of drug-likeness (QED) is 0.630. The molecule has 0 bridgehead atoms. The lowest BCUT2D eigenvalue weighted by atomic mass is 10.1. The summed E-state index contributed by atoms with van der Waals surface area (Å²) in [6, 6.07) is 6.63. The van der Waals surface area contributed by atoms with Crippen molar-refractivity contribution in [1.82, 2.24) is 10.0 Å². The molecule has 1 rings (SSSR count). The molecule has 8 heteroatoms. The van der Waals surface area contributed by atoms with Gasteiger partial charge in [-0.2, -0.15) is 0 Å². The van der Waals surface area contributed by atoms with Gasteiger partial charge in [0.2, 0.25) is 15.9 Å². The van der Waals surface area contributed by atoms with Gasteiger partial charge in [0.15, 0.2) is 0 Å². The third-order valence-corrected chi connectivity index (χ3v) is 4.25. The summed E-state index contributed by atoms with van der Waals surface area (Å²) in [5.74, 6) is -0.311. The van der Waals surface area contributed by atoms with Crippen molar-refractivity contribution >= 4 is 28.3 Å². The normalized spacial score (nSPS) is 12.3. The number of carbonyl (C=O) groups is 1. The van der Waals surface area contributed by atoms with E-state index in [1.807, 2.05) is 19.1 Å². The lowest BCUT2D eigenvalue weighted by Crippen LogP contribution is -2.39. The van der Waals surface area contributed by atoms with Gasteiger partial charge in [0.05, 0.1) is 5.75 Å². The summed E-state index contributed by atoms with van der Waals surface area (Å²) in [5, 5.41) is 2.60. The summed E-state index contributed by atoms with van der Waals surface area (Å²) in [7, 11) is -3.23. The molecule has 1 unspecified atom stereocenters. The number of hydrogen-bond donors (Lipinski definition) is 3. The van der Waals surface area contributed by atoms with E-state index in [0.29, 0.717) is 0 Å². The predicted molar refractivity (Wildman–Crippen MR) is 85.8 cm³/mol. The predicted octanol–water partition coefficient (Wildman–Crippen LogP) is 0.472. The lowest BCUT2D eigenvalue weighted by molar-refractivity contribution is -0.122. The van der Waals surface area contributed by atoms with E-state index in [1.54, 1.807) is 19.1 Å². The van der Waals surface area contributed by atoms with E-state index in [4.69, 9.17) is 5.73 Å². The van der Waals surface area contributed by atoms with E-state index in [9.17, 15) is 13.2 Å². The molecule has 21 heavy (non-hydrogen) atoms. The van der Waals surface area contributed by atoms with E-state index >= 15 is 0 Å². The highest BCUT2D eigenvalue weighted by Crippen LogP contribution is 2.11. The molecule has 0 aliphatic heterocycles. The molecule has 1 aromatic rings. The Bertz CT molecular complexity index is 546. The van der Waals surface area contributed by atoms with Crippen LogP contribution < -0.4 is 15.8 Å². The number of sulfonamides is 1. The van der Waals surface area contributed by atoms with Crippen molar-refractivity contribution in [3.8, 4) is 0 Å². The Kier molecular flexibility index (Phi) is 8.50. The van der Waals surface area contributed by atoms with Gasteiger partial charge in [0.25, 0.3) is 0 Å². The molecule has 0 aliphatic rings. The highest BCUT2D eigenvalue weighted by molar-refractivity contribution is 7.89. The lowest BCUT2D eigenvalue weighted by Gasteiger charge is -2.13. The average Bonchev–Trinajstić information content (AvgIpc) is 2.43. The molecule has 0 heterocycles. The summed E-state index contributed by atoms with van der Waals surface area (Å²) in [6.45, 7) is 3.86. The maximum atomic E-state index is 11.8. The second kappa shape index (κ2) is 8.99. The van der Waals surface area contributed by atoms with E-state index in [-0.39, 0.29) is 37.2 Å². The van der Waals surface area contributed by atoms with Crippen LogP contribution in [0.2, 0.25) is 0 Å². The monoisotopic (exact) mass is 335 g/mol. The minimum Gasteiger partial charge on any atom is -0.353 e. The second-order valence-electron chi connectivity index (χ2n) is 4.48. The molecule has 4 N–H and O–H groups in total. The first kappa shape index (κ1) is 19.9. The van der Waals surface area contributed by atoms with Gasteiger partial charge in [-0.15, -0.1) is 12.4 Å². The van der Waals surface area contributed by atoms with Crippen molar-refractivity contribution in [1.29, 1.82) is 0 Å². The van der Waals surface area contributed by atoms with E-state index in [0.717, 1.165) is 11.1 Å². The topological polar surface area (TPSA) is 101 Å². The van der Waals surface area contributed by atoms with E-state index in [2.05, 4.69) is 10.0 Å².